The third kappa shape index (κ3) is 3.19. The summed E-state index contributed by atoms with van der Waals surface area (Å²) in [5.41, 5.74) is 0. The molecule has 2 atom stereocenters. The Kier molecular flexibility index (Phi) is 4.18. The summed E-state index contributed by atoms with van der Waals surface area (Å²) in [6, 6.07) is 0. The lowest BCUT2D eigenvalue weighted by molar-refractivity contribution is -0.123. The summed E-state index contributed by atoms with van der Waals surface area (Å²) in [7, 11) is 0. The molecule has 2 aliphatic rings. The van der Waals surface area contributed by atoms with Gasteiger partial charge in [0.15, 0.2) is 0 Å². The van der Waals surface area contributed by atoms with Crippen molar-refractivity contribution in [2.24, 2.45) is 11.8 Å². The van der Waals surface area contributed by atoms with Gasteiger partial charge in [-0.3, -0.25) is 9.69 Å². The number of piperidine rings is 2. The van der Waals surface area contributed by atoms with Crippen molar-refractivity contribution in [1.29, 1.82) is 0 Å². The first-order valence-corrected chi connectivity index (χ1v) is 6.47. The summed E-state index contributed by atoms with van der Waals surface area (Å²) >= 11 is 0. The van der Waals surface area contributed by atoms with Gasteiger partial charge in [0.2, 0.25) is 5.91 Å². The maximum atomic E-state index is 11.6. The number of likely N-dealkylation sites (tertiary alicyclic amines) is 1. The molecule has 0 saturated carbocycles. The molecule has 2 N–H and O–H groups in total. The van der Waals surface area contributed by atoms with Gasteiger partial charge in [-0.25, -0.2) is 0 Å². The van der Waals surface area contributed by atoms with E-state index in [0.717, 1.165) is 51.0 Å². The van der Waals surface area contributed by atoms with Crippen molar-refractivity contribution in [3.05, 3.63) is 0 Å². The fourth-order valence-electron chi connectivity index (χ4n) is 2.87. The van der Waals surface area contributed by atoms with Crippen molar-refractivity contribution in [3.8, 4) is 0 Å². The highest BCUT2D eigenvalue weighted by Gasteiger charge is 2.30. The van der Waals surface area contributed by atoms with Crippen molar-refractivity contribution in [2.45, 2.75) is 19.8 Å². The average Bonchev–Trinajstić information content (AvgIpc) is 2.26. The second kappa shape index (κ2) is 5.64. The van der Waals surface area contributed by atoms with E-state index in [-0.39, 0.29) is 5.91 Å². The van der Waals surface area contributed by atoms with E-state index in [1.165, 1.54) is 6.42 Å². The Morgan fingerprint density at radius 2 is 2.06 bits per heavy atom. The first kappa shape index (κ1) is 11.9. The summed E-state index contributed by atoms with van der Waals surface area (Å²) in [5, 5.41) is 6.42. The molecule has 2 unspecified atom stereocenters. The van der Waals surface area contributed by atoms with E-state index >= 15 is 0 Å². The summed E-state index contributed by atoms with van der Waals surface area (Å²) < 4.78 is 0. The minimum atomic E-state index is 0.190. The maximum Gasteiger partial charge on any atom is 0.234 e. The Morgan fingerprint density at radius 1 is 1.38 bits per heavy atom. The Hall–Kier alpha value is -0.610. The SMILES string of the molecule is CCCNC(=O)CN1CC2CNCC(C2)C1. The quantitative estimate of drug-likeness (QED) is 0.711. The van der Waals surface area contributed by atoms with E-state index in [1.807, 2.05) is 0 Å². The predicted octanol–water partition coefficient (Wildman–Crippen LogP) is 0.0539. The van der Waals surface area contributed by atoms with Gasteiger partial charge in [-0.15, -0.1) is 0 Å². The summed E-state index contributed by atoms with van der Waals surface area (Å²) in [4.78, 5) is 13.9. The number of nitrogens with zero attached hydrogens (tertiary/aromatic N) is 1. The second-order valence-corrected chi connectivity index (χ2v) is 5.17. The lowest BCUT2D eigenvalue weighted by Gasteiger charge is -2.41. The largest absolute Gasteiger partial charge is 0.355 e. The first-order chi connectivity index (χ1) is 7.78. The lowest BCUT2D eigenvalue weighted by atomic mass is 9.86. The van der Waals surface area contributed by atoms with Crippen LogP contribution in [0.2, 0.25) is 0 Å². The van der Waals surface area contributed by atoms with Crippen molar-refractivity contribution in [3.63, 3.8) is 0 Å². The molecule has 2 bridgehead atoms. The number of fused-ring (bicyclic) bond motifs is 2. The van der Waals surface area contributed by atoms with Crippen LogP contribution in [0.25, 0.3) is 0 Å². The third-order valence-corrected chi connectivity index (χ3v) is 3.50. The predicted molar refractivity (Wildman–Crippen MR) is 64.2 cm³/mol. The molecule has 1 amide bonds. The smallest absolute Gasteiger partial charge is 0.234 e. The Morgan fingerprint density at radius 3 is 2.69 bits per heavy atom. The lowest BCUT2D eigenvalue weighted by Crippen LogP contribution is -2.53. The van der Waals surface area contributed by atoms with E-state index in [1.54, 1.807) is 0 Å². The maximum absolute atomic E-state index is 11.6. The molecular weight excluding hydrogens is 202 g/mol. The van der Waals surface area contributed by atoms with Crippen molar-refractivity contribution in [2.75, 3.05) is 39.3 Å². The van der Waals surface area contributed by atoms with Crippen LogP contribution in [0.3, 0.4) is 0 Å². The van der Waals surface area contributed by atoms with Gasteiger partial charge in [-0.05, 0) is 37.8 Å². The van der Waals surface area contributed by atoms with Gasteiger partial charge in [-0.2, -0.15) is 0 Å². The van der Waals surface area contributed by atoms with Gasteiger partial charge in [0.05, 0.1) is 6.54 Å². The van der Waals surface area contributed by atoms with Gasteiger partial charge in [0.1, 0.15) is 0 Å². The van der Waals surface area contributed by atoms with Crippen LogP contribution in [0.4, 0.5) is 0 Å². The molecule has 0 aromatic heterocycles. The van der Waals surface area contributed by atoms with Crippen LogP contribution in [-0.4, -0.2) is 50.1 Å². The van der Waals surface area contributed by atoms with Crippen LogP contribution in [0.1, 0.15) is 19.8 Å². The molecule has 2 fully saturated rings. The van der Waals surface area contributed by atoms with Crippen molar-refractivity contribution < 1.29 is 4.79 Å². The summed E-state index contributed by atoms with van der Waals surface area (Å²) in [6.45, 7) is 7.91. The average molecular weight is 225 g/mol. The first-order valence-electron chi connectivity index (χ1n) is 6.47. The molecule has 2 saturated heterocycles. The van der Waals surface area contributed by atoms with E-state index in [9.17, 15) is 4.79 Å². The number of carbonyl (C=O) groups is 1. The Labute approximate surface area is 97.8 Å². The van der Waals surface area contributed by atoms with Gasteiger partial charge in [0.25, 0.3) is 0 Å². The molecule has 0 aromatic carbocycles. The molecule has 2 rings (SSSR count). The minimum absolute atomic E-state index is 0.190. The molecule has 0 spiro atoms. The van der Waals surface area contributed by atoms with Gasteiger partial charge < -0.3 is 10.6 Å². The normalized spacial score (nSPS) is 30.1. The number of nitrogens with one attached hydrogen (secondary N) is 2. The molecule has 0 aromatic rings. The molecule has 16 heavy (non-hydrogen) atoms. The second-order valence-electron chi connectivity index (χ2n) is 5.17. The van der Waals surface area contributed by atoms with Crippen molar-refractivity contribution in [1.82, 2.24) is 15.5 Å². The van der Waals surface area contributed by atoms with Crippen LogP contribution < -0.4 is 10.6 Å². The topological polar surface area (TPSA) is 44.4 Å². The molecule has 0 radical (unpaired) electrons. The van der Waals surface area contributed by atoms with E-state index in [0.29, 0.717) is 6.54 Å². The zero-order valence-electron chi connectivity index (χ0n) is 10.2. The van der Waals surface area contributed by atoms with E-state index < -0.39 is 0 Å². The Balaban J connectivity index is 1.75. The van der Waals surface area contributed by atoms with E-state index in [4.69, 9.17) is 0 Å². The number of hydrogen-bond donors (Lipinski definition) is 2. The van der Waals surface area contributed by atoms with Gasteiger partial charge >= 0.3 is 0 Å². The molecule has 2 aliphatic heterocycles. The number of hydrogen-bond acceptors (Lipinski definition) is 3. The van der Waals surface area contributed by atoms with Crippen LogP contribution in [0.5, 0.6) is 0 Å². The van der Waals surface area contributed by atoms with Crippen LogP contribution in [0.15, 0.2) is 0 Å². The molecule has 0 aliphatic carbocycles. The summed E-state index contributed by atoms with van der Waals surface area (Å²) in [5.74, 6) is 1.70. The van der Waals surface area contributed by atoms with Crippen LogP contribution >= 0.6 is 0 Å². The highest BCUT2D eigenvalue weighted by atomic mass is 16.2. The highest BCUT2D eigenvalue weighted by Crippen LogP contribution is 2.23. The fraction of sp³-hybridized carbons (Fsp3) is 0.917. The van der Waals surface area contributed by atoms with Crippen LogP contribution in [0, 0.1) is 11.8 Å². The monoisotopic (exact) mass is 225 g/mol. The minimum Gasteiger partial charge on any atom is -0.355 e. The number of carbonyl (C=O) groups excluding carboxylic acids is 1. The number of rotatable bonds is 4. The molecule has 4 nitrogen and oxygen atoms in total. The third-order valence-electron chi connectivity index (χ3n) is 3.50. The fourth-order valence-corrected chi connectivity index (χ4v) is 2.87. The zero-order chi connectivity index (χ0) is 11.4. The molecule has 2 heterocycles. The van der Waals surface area contributed by atoms with Crippen molar-refractivity contribution >= 4 is 5.91 Å². The highest BCUT2D eigenvalue weighted by molar-refractivity contribution is 5.77. The summed E-state index contributed by atoms with van der Waals surface area (Å²) in [6.07, 6.45) is 2.36. The van der Waals surface area contributed by atoms with Gasteiger partial charge in [-0.1, -0.05) is 6.92 Å². The molecular formula is C12H23N3O. The zero-order valence-corrected chi connectivity index (χ0v) is 10.2. The van der Waals surface area contributed by atoms with E-state index in [2.05, 4.69) is 22.5 Å². The van der Waals surface area contributed by atoms with Gasteiger partial charge in [0, 0.05) is 19.6 Å². The Bertz CT molecular complexity index is 232. The standard InChI is InChI=1S/C12H23N3O/c1-2-3-14-12(16)9-15-7-10-4-11(8-15)6-13-5-10/h10-11,13H,2-9H2,1H3,(H,14,16). The number of amides is 1. The molecule has 4 heteroatoms. The van der Waals surface area contributed by atoms with Crippen LogP contribution in [-0.2, 0) is 4.79 Å². The molecule has 92 valence electrons.